The van der Waals surface area contributed by atoms with Gasteiger partial charge in [0, 0.05) is 9.34 Å². The normalized spacial score (nSPS) is 29.9. The van der Waals surface area contributed by atoms with Crippen LogP contribution in [0, 0.1) is 0 Å². The average molecular weight is 252 g/mol. The Morgan fingerprint density at radius 2 is 2.60 bits per heavy atom. The molecule has 0 aromatic carbocycles. The molecule has 1 aliphatic rings. The van der Waals surface area contributed by atoms with Gasteiger partial charge in [0.15, 0.2) is 0 Å². The summed E-state index contributed by atoms with van der Waals surface area (Å²) in [6, 6.07) is -0.425. The maximum absolute atomic E-state index is 10.6. The number of nitrogens with one attached hydrogen (secondary N) is 1. The first kappa shape index (κ1) is 7.62. The highest BCUT2D eigenvalue weighted by Crippen LogP contribution is 2.12. The highest BCUT2D eigenvalue weighted by atomic mass is 127. The largest absolute Gasteiger partial charge is 0.351 e. The van der Waals surface area contributed by atoms with Gasteiger partial charge in [-0.25, -0.2) is 0 Å². The van der Waals surface area contributed by atoms with E-state index in [-0.39, 0.29) is 11.9 Å². The van der Waals surface area contributed by atoms with E-state index >= 15 is 0 Å². The average Bonchev–Trinajstić information content (AvgIpc) is 1.95. The minimum absolute atomic E-state index is 0.0454. The van der Waals surface area contributed by atoms with Crippen LogP contribution >= 0.6 is 22.6 Å². The van der Waals surface area contributed by atoms with Crippen molar-refractivity contribution in [2.45, 2.75) is 12.1 Å². The Morgan fingerprint density at radius 1 is 1.90 bits per heavy atom. The molecule has 0 unspecified atom stereocenters. The van der Waals surface area contributed by atoms with Crippen molar-refractivity contribution >= 4 is 28.5 Å². The van der Waals surface area contributed by atoms with Gasteiger partial charge >= 0.3 is 0 Å². The molecule has 0 aromatic heterocycles. The van der Waals surface area contributed by atoms with E-state index in [1.165, 1.54) is 0 Å². The Kier molecular flexibility index (Phi) is 2.34. The molecule has 6 heteroatoms. The van der Waals surface area contributed by atoms with Crippen LogP contribution in [0.15, 0.2) is 5.11 Å². The van der Waals surface area contributed by atoms with Gasteiger partial charge in [0.1, 0.15) is 6.04 Å². The molecule has 0 spiro atoms. The molecule has 0 aromatic rings. The fourth-order valence-corrected chi connectivity index (χ4v) is 1.45. The SMILES string of the molecule is [N-]=[N+]=N[C@H]1C(=O)N[C@H]1CI. The molecule has 5 nitrogen and oxygen atoms in total. The van der Waals surface area contributed by atoms with E-state index in [0.717, 1.165) is 4.43 Å². The molecule has 1 heterocycles. The summed E-state index contributed by atoms with van der Waals surface area (Å²) in [4.78, 5) is 13.2. The van der Waals surface area contributed by atoms with Crippen LogP contribution in [0.3, 0.4) is 0 Å². The van der Waals surface area contributed by atoms with Gasteiger partial charge in [-0.15, -0.1) is 0 Å². The zero-order valence-corrected chi connectivity index (χ0v) is 7.15. The van der Waals surface area contributed by atoms with Gasteiger partial charge in [0.25, 0.3) is 0 Å². The van der Waals surface area contributed by atoms with Crippen LogP contribution in [0.4, 0.5) is 0 Å². The van der Waals surface area contributed by atoms with Crippen molar-refractivity contribution in [3.8, 4) is 0 Å². The second kappa shape index (κ2) is 3.07. The molecule has 0 saturated carbocycles. The van der Waals surface area contributed by atoms with Gasteiger partial charge in [-0.3, -0.25) is 4.79 Å². The van der Waals surface area contributed by atoms with Gasteiger partial charge in [-0.2, -0.15) is 0 Å². The first-order chi connectivity index (χ1) is 4.79. The van der Waals surface area contributed by atoms with Gasteiger partial charge in [0.2, 0.25) is 5.91 Å². The molecule has 1 amide bonds. The molecule has 1 saturated heterocycles. The number of amides is 1. The minimum Gasteiger partial charge on any atom is -0.351 e. The van der Waals surface area contributed by atoms with Crippen molar-refractivity contribution in [1.82, 2.24) is 5.32 Å². The molecule has 1 aliphatic heterocycles. The smallest absolute Gasteiger partial charge is 0.231 e. The van der Waals surface area contributed by atoms with E-state index < -0.39 is 6.04 Å². The Bertz CT molecular complexity index is 197. The standard InChI is InChI=1S/C4H5IN4O/c5-1-2-3(8-9-6)4(10)7-2/h2-3H,1H2,(H,7,10)/t2-,3+/m0/s1. The lowest BCUT2D eigenvalue weighted by atomic mass is 10.0. The first-order valence-corrected chi connectivity index (χ1v) is 4.22. The molecule has 1 rings (SSSR count). The van der Waals surface area contributed by atoms with Crippen molar-refractivity contribution in [3.05, 3.63) is 10.4 Å². The van der Waals surface area contributed by atoms with E-state index in [9.17, 15) is 4.79 Å². The Labute approximate surface area is 70.9 Å². The molecule has 10 heavy (non-hydrogen) atoms. The van der Waals surface area contributed by atoms with Crippen LogP contribution in [0.5, 0.6) is 0 Å². The number of rotatable bonds is 2. The maximum atomic E-state index is 10.6. The number of carbonyl (C=O) groups is 1. The lowest BCUT2D eigenvalue weighted by Crippen LogP contribution is -2.62. The number of azide groups is 1. The fourth-order valence-electron chi connectivity index (χ4n) is 0.745. The topological polar surface area (TPSA) is 77.9 Å². The predicted octanol–water partition coefficient (Wildman–Crippen LogP) is 0.599. The highest BCUT2D eigenvalue weighted by Gasteiger charge is 2.37. The van der Waals surface area contributed by atoms with Crippen molar-refractivity contribution in [2.24, 2.45) is 5.11 Å². The van der Waals surface area contributed by atoms with E-state index in [2.05, 4.69) is 37.9 Å². The summed E-state index contributed by atoms with van der Waals surface area (Å²) < 4.78 is 0.785. The number of carbonyl (C=O) groups excluding carboxylic acids is 1. The van der Waals surface area contributed by atoms with E-state index in [1.807, 2.05) is 0 Å². The van der Waals surface area contributed by atoms with Gasteiger partial charge in [-0.05, 0) is 5.53 Å². The van der Waals surface area contributed by atoms with Crippen LogP contribution in [-0.4, -0.2) is 22.4 Å². The third-order valence-corrected chi connectivity index (χ3v) is 2.27. The summed E-state index contributed by atoms with van der Waals surface area (Å²) in [6.45, 7) is 0. The summed E-state index contributed by atoms with van der Waals surface area (Å²) >= 11 is 2.13. The first-order valence-electron chi connectivity index (χ1n) is 2.70. The van der Waals surface area contributed by atoms with Crippen molar-refractivity contribution in [1.29, 1.82) is 0 Å². The molecular formula is C4H5IN4O. The second-order valence-electron chi connectivity index (χ2n) is 1.92. The molecular weight excluding hydrogens is 247 g/mol. The summed E-state index contributed by atoms with van der Waals surface area (Å²) in [7, 11) is 0. The Balaban J connectivity index is 2.55. The number of alkyl halides is 1. The zero-order chi connectivity index (χ0) is 7.56. The second-order valence-corrected chi connectivity index (χ2v) is 2.80. The van der Waals surface area contributed by atoms with Crippen molar-refractivity contribution < 1.29 is 4.79 Å². The third kappa shape index (κ3) is 1.17. The van der Waals surface area contributed by atoms with E-state index in [1.54, 1.807) is 0 Å². The van der Waals surface area contributed by atoms with Gasteiger partial charge in [-0.1, -0.05) is 27.7 Å². The number of hydrogen-bond acceptors (Lipinski definition) is 2. The Morgan fingerprint density at radius 3 is 3.00 bits per heavy atom. The van der Waals surface area contributed by atoms with Crippen molar-refractivity contribution in [3.63, 3.8) is 0 Å². The number of halogens is 1. The molecule has 1 fully saturated rings. The number of hydrogen-bond donors (Lipinski definition) is 1. The van der Waals surface area contributed by atoms with Crippen LogP contribution in [0.2, 0.25) is 0 Å². The van der Waals surface area contributed by atoms with Gasteiger partial charge < -0.3 is 5.32 Å². The molecule has 1 N–H and O–H groups in total. The monoisotopic (exact) mass is 252 g/mol. The molecule has 2 atom stereocenters. The highest BCUT2D eigenvalue weighted by molar-refractivity contribution is 14.1. The molecule has 0 aliphatic carbocycles. The van der Waals surface area contributed by atoms with Crippen molar-refractivity contribution in [2.75, 3.05) is 4.43 Å². The Hall–Kier alpha value is -0.490. The van der Waals surface area contributed by atoms with Crippen LogP contribution in [0.25, 0.3) is 10.4 Å². The summed E-state index contributed by atoms with van der Waals surface area (Å²) in [5, 5.41) is 5.94. The molecule has 0 radical (unpaired) electrons. The molecule has 0 bridgehead atoms. The van der Waals surface area contributed by atoms with Gasteiger partial charge in [0.05, 0.1) is 6.04 Å². The quantitative estimate of drug-likeness (QED) is 0.191. The van der Waals surface area contributed by atoms with Crippen LogP contribution < -0.4 is 5.32 Å². The number of nitrogens with zero attached hydrogens (tertiary/aromatic N) is 3. The summed E-state index contributed by atoms with van der Waals surface area (Å²) in [6.07, 6.45) is 0. The predicted molar refractivity (Wildman–Crippen MR) is 43.8 cm³/mol. The van der Waals surface area contributed by atoms with Crippen LogP contribution in [0.1, 0.15) is 0 Å². The van der Waals surface area contributed by atoms with E-state index in [0.29, 0.717) is 0 Å². The maximum Gasteiger partial charge on any atom is 0.231 e. The zero-order valence-electron chi connectivity index (χ0n) is 4.99. The van der Waals surface area contributed by atoms with E-state index in [4.69, 9.17) is 5.53 Å². The minimum atomic E-state index is -0.470. The summed E-state index contributed by atoms with van der Waals surface area (Å²) in [5.41, 5.74) is 8.01. The summed E-state index contributed by atoms with van der Waals surface area (Å²) in [5.74, 6) is -0.167. The lowest BCUT2D eigenvalue weighted by Gasteiger charge is -2.31. The third-order valence-electron chi connectivity index (χ3n) is 1.32. The fraction of sp³-hybridized carbons (Fsp3) is 0.750. The lowest BCUT2D eigenvalue weighted by molar-refractivity contribution is -0.129. The number of β-lactam (4-membered cyclic amide) rings is 1. The van der Waals surface area contributed by atoms with Crippen LogP contribution in [-0.2, 0) is 4.79 Å². The molecule has 54 valence electrons.